The molecule has 3 nitrogen and oxygen atoms in total. The maximum absolute atomic E-state index is 13.6. The van der Waals surface area contributed by atoms with Crippen LogP contribution >= 0.6 is 0 Å². The summed E-state index contributed by atoms with van der Waals surface area (Å²) in [7, 11) is 0. The van der Waals surface area contributed by atoms with Crippen molar-refractivity contribution in [1.82, 2.24) is 5.32 Å². The van der Waals surface area contributed by atoms with Gasteiger partial charge in [-0.25, -0.2) is 4.39 Å². The molecule has 0 atom stereocenters. The van der Waals surface area contributed by atoms with E-state index in [1.54, 1.807) is 6.07 Å². The average Bonchev–Trinajstić information content (AvgIpc) is 2.52. The van der Waals surface area contributed by atoms with Crippen molar-refractivity contribution in [3.63, 3.8) is 0 Å². The molecule has 1 fully saturated rings. The van der Waals surface area contributed by atoms with E-state index in [9.17, 15) is 9.50 Å². The first-order chi connectivity index (χ1) is 10.3. The molecule has 118 valence electrons. The van der Waals surface area contributed by atoms with Gasteiger partial charge in [-0.3, -0.25) is 0 Å². The maximum Gasteiger partial charge on any atom is 0.123 e. The molecule has 1 aliphatic rings. The van der Waals surface area contributed by atoms with Crippen LogP contribution in [-0.4, -0.2) is 30.8 Å². The third kappa shape index (κ3) is 4.42. The van der Waals surface area contributed by atoms with Crippen LogP contribution in [0.3, 0.4) is 0 Å². The number of benzene rings is 1. The zero-order chi connectivity index (χ0) is 15.1. The summed E-state index contributed by atoms with van der Waals surface area (Å²) in [5, 5.41) is 12.7. The summed E-state index contributed by atoms with van der Waals surface area (Å²) in [5.41, 5.74) is 2.05. The van der Waals surface area contributed by atoms with Crippen LogP contribution in [-0.2, 0) is 6.54 Å². The minimum Gasteiger partial charge on any atom is -0.395 e. The van der Waals surface area contributed by atoms with Gasteiger partial charge in [-0.15, -0.1) is 0 Å². The van der Waals surface area contributed by atoms with Crippen molar-refractivity contribution < 1.29 is 9.50 Å². The quantitative estimate of drug-likeness (QED) is 0.811. The van der Waals surface area contributed by atoms with E-state index in [1.807, 2.05) is 13.0 Å². The molecule has 0 bridgehead atoms. The Morgan fingerprint density at radius 2 is 2.05 bits per heavy atom. The van der Waals surface area contributed by atoms with E-state index in [1.165, 1.54) is 25.3 Å². The van der Waals surface area contributed by atoms with E-state index in [-0.39, 0.29) is 12.4 Å². The molecule has 1 aromatic rings. The zero-order valence-electron chi connectivity index (χ0n) is 12.9. The Bertz CT molecular complexity index is 433. The lowest BCUT2D eigenvalue weighted by Crippen LogP contribution is -2.39. The normalized spacial score (nSPS) is 16.1. The minimum atomic E-state index is -0.195. The number of hydrogen-bond acceptors (Lipinski definition) is 3. The van der Waals surface area contributed by atoms with Gasteiger partial charge in [0.05, 0.1) is 6.61 Å². The fourth-order valence-corrected chi connectivity index (χ4v) is 3.24. The molecule has 0 saturated heterocycles. The predicted octanol–water partition coefficient (Wildman–Crippen LogP) is 3.07. The lowest BCUT2D eigenvalue weighted by molar-refractivity contribution is 0.290. The lowest BCUT2D eigenvalue weighted by Gasteiger charge is -2.37. The summed E-state index contributed by atoms with van der Waals surface area (Å²) in [6.07, 6.45) is 6.12. The Labute approximate surface area is 127 Å². The minimum absolute atomic E-state index is 0.133. The molecule has 0 heterocycles. The fraction of sp³-hybridized carbons (Fsp3) is 0.647. The van der Waals surface area contributed by atoms with Crippen molar-refractivity contribution in [2.24, 2.45) is 0 Å². The molecule has 2 rings (SSSR count). The van der Waals surface area contributed by atoms with E-state index in [4.69, 9.17) is 0 Å². The molecule has 1 aliphatic carbocycles. The number of nitrogens with zero attached hydrogens (tertiary/aromatic N) is 1. The molecular formula is C17H27FN2O. The summed E-state index contributed by atoms with van der Waals surface area (Å²) in [5.74, 6) is -0.195. The lowest BCUT2D eigenvalue weighted by atomic mass is 9.93. The highest BCUT2D eigenvalue weighted by molar-refractivity contribution is 5.55. The van der Waals surface area contributed by atoms with Crippen LogP contribution in [0.4, 0.5) is 10.1 Å². The number of nitrogens with one attached hydrogen (secondary N) is 1. The Balaban J connectivity index is 2.24. The van der Waals surface area contributed by atoms with Crippen molar-refractivity contribution in [2.45, 2.75) is 51.6 Å². The van der Waals surface area contributed by atoms with Crippen molar-refractivity contribution in [3.05, 3.63) is 29.6 Å². The van der Waals surface area contributed by atoms with Crippen LogP contribution in [0.1, 0.15) is 44.6 Å². The number of rotatable bonds is 7. The third-order valence-corrected chi connectivity index (χ3v) is 4.27. The van der Waals surface area contributed by atoms with Crippen LogP contribution in [0.15, 0.2) is 18.2 Å². The average molecular weight is 294 g/mol. The molecule has 4 heteroatoms. The van der Waals surface area contributed by atoms with Gasteiger partial charge >= 0.3 is 0 Å². The van der Waals surface area contributed by atoms with Crippen molar-refractivity contribution in [1.29, 1.82) is 0 Å². The Morgan fingerprint density at radius 1 is 1.29 bits per heavy atom. The van der Waals surface area contributed by atoms with Crippen LogP contribution in [0.2, 0.25) is 0 Å². The molecule has 0 amide bonds. The number of aliphatic hydroxyl groups is 1. The monoisotopic (exact) mass is 294 g/mol. The van der Waals surface area contributed by atoms with Crippen LogP contribution in [0.5, 0.6) is 0 Å². The molecule has 1 saturated carbocycles. The fourth-order valence-electron chi connectivity index (χ4n) is 3.24. The zero-order valence-corrected chi connectivity index (χ0v) is 12.9. The molecule has 21 heavy (non-hydrogen) atoms. The molecule has 2 N–H and O–H groups in total. The summed E-state index contributed by atoms with van der Waals surface area (Å²) in [4.78, 5) is 2.28. The predicted molar refractivity (Wildman–Crippen MR) is 85.1 cm³/mol. The first kappa shape index (κ1) is 16.2. The summed E-state index contributed by atoms with van der Waals surface area (Å²) < 4.78 is 13.6. The molecule has 0 aromatic heterocycles. The smallest absolute Gasteiger partial charge is 0.123 e. The van der Waals surface area contributed by atoms with Crippen LogP contribution in [0.25, 0.3) is 0 Å². The van der Waals surface area contributed by atoms with E-state index >= 15 is 0 Å². The Kier molecular flexibility index (Phi) is 6.46. The molecular weight excluding hydrogens is 267 g/mol. The number of halogens is 1. The highest BCUT2D eigenvalue weighted by atomic mass is 19.1. The molecule has 0 aliphatic heterocycles. The molecule has 0 unspecified atom stereocenters. The van der Waals surface area contributed by atoms with Gasteiger partial charge < -0.3 is 15.3 Å². The second kappa shape index (κ2) is 8.35. The number of hydrogen-bond donors (Lipinski definition) is 2. The van der Waals surface area contributed by atoms with Gasteiger partial charge in [0.1, 0.15) is 5.82 Å². The summed E-state index contributed by atoms with van der Waals surface area (Å²) in [6.45, 7) is 4.33. The van der Waals surface area contributed by atoms with E-state index in [0.717, 1.165) is 30.6 Å². The second-order valence-electron chi connectivity index (χ2n) is 5.76. The van der Waals surface area contributed by atoms with Gasteiger partial charge in [0, 0.05) is 24.8 Å². The van der Waals surface area contributed by atoms with Gasteiger partial charge in [-0.1, -0.05) is 26.2 Å². The van der Waals surface area contributed by atoms with E-state index in [0.29, 0.717) is 19.1 Å². The first-order valence-electron chi connectivity index (χ1n) is 8.13. The first-order valence-corrected chi connectivity index (χ1v) is 8.13. The SMILES string of the molecule is CCNCc1cc(F)ccc1N(CCO)C1CCCCC1. The molecule has 1 aromatic carbocycles. The van der Waals surface area contributed by atoms with Gasteiger partial charge in [0.25, 0.3) is 0 Å². The van der Waals surface area contributed by atoms with Crippen LogP contribution in [0, 0.1) is 5.82 Å². The standard InChI is InChI=1S/C17H27FN2O/c1-2-19-13-14-12-15(18)8-9-17(14)20(10-11-21)16-6-4-3-5-7-16/h8-9,12,16,19,21H,2-7,10-11,13H2,1H3. The highest BCUT2D eigenvalue weighted by Gasteiger charge is 2.23. The highest BCUT2D eigenvalue weighted by Crippen LogP contribution is 2.30. The van der Waals surface area contributed by atoms with Crippen molar-refractivity contribution in [2.75, 3.05) is 24.6 Å². The summed E-state index contributed by atoms with van der Waals surface area (Å²) in [6, 6.07) is 5.48. The summed E-state index contributed by atoms with van der Waals surface area (Å²) >= 11 is 0. The van der Waals surface area contributed by atoms with E-state index < -0.39 is 0 Å². The van der Waals surface area contributed by atoms with Crippen molar-refractivity contribution >= 4 is 5.69 Å². The molecule has 0 radical (unpaired) electrons. The van der Waals surface area contributed by atoms with Crippen molar-refractivity contribution in [3.8, 4) is 0 Å². The van der Waals surface area contributed by atoms with Gasteiger partial charge in [-0.05, 0) is 43.1 Å². The van der Waals surface area contributed by atoms with E-state index in [2.05, 4.69) is 10.2 Å². The van der Waals surface area contributed by atoms with Gasteiger partial charge in [0.2, 0.25) is 0 Å². The molecule has 0 spiro atoms. The largest absolute Gasteiger partial charge is 0.395 e. The third-order valence-electron chi connectivity index (χ3n) is 4.27. The number of anilines is 1. The number of aliphatic hydroxyl groups excluding tert-OH is 1. The van der Waals surface area contributed by atoms with Crippen LogP contribution < -0.4 is 10.2 Å². The Morgan fingerprint density at radius 3 is 2.71 bits per heavy atom. The topological polar surface area (TPSA) is 35.5 Å². The second-order valence-corrected chi connectivity index (χ2v) is 5.76. The van der Waals surface area contributed by atoms with Gasteiger partial charge in [-0.2, -0.15) is 0 Å². The Hall–Kier alpha value is -1.13. The maximum atomic E-state index is 13.6. The van der Waals surface area contributed by atoms with Gasteiger partial charge in [0.15, 0.2) is 0 Å².